The molecule has 1 fully saturated rings. The number of benzene rings is 1. The van der Waals surface area contributed by atoms with Gasteiger partial charge in [0.1, 0.15) is 11.6 Å². The monoisotopic (exact) mass is 423 g/mol. The van der Waals surface area contributed by atoms with Gasteiger partial charge in [0.05, 0.1) is 0 Å². The van der Waals surface area contributed by atoms with E-state index in [-0.39, 0.29) is 0 Å². The number of nitrogens with two attached hydrogens (primary N) is 1. The van der Waals surface area contributed by atoms with Gasteiger partial charge in [0.2, 0.25) is 5.95 Å². The number of pyridine rings is 1. The molecule has 32 heavy (non-hydrogen) atoms. The second-order valence-corrected chi connectivity index (χ2v) is 8.46. The van der Waals surface area contributed by atoms with Crippen LogP contribution in [0.4, 0.5) is 17.5 Å². The van der Waals surface area contributed by atoms with Gasteiger partial charge >= 0.3 is 0 Å². The number of hydrogen-bond donors (Lipinski definition) is 3. The molecule has 0 atom stereocenters. The van der Waals surface area contributed by atoms with E-state index in [1.807, 2.05) is 18.3 Å². The van der Waals surface area contributed by atoms with Crippen LogP contribution in [-0.4, -0.2) is 32.6 Å². The van der Waals surface area contributed by atoms with Crippen LogP contribution in [0.15, 0.2) is 60.8 Å². The van der Waals surface area contributed by atoms with Crippen LogP contribution in [0.2, 0.25) is 0 Å². The third-order valence-electron chi connectivity index (χ3n) is 6.13. The van der Waals surface area contributed by atoms with Crippen molar-refractivity contribution in [3.63, 3.8) is 0 Å². The molecule has 0 saturated heterocycles. The quantitative estimate of drug-likeness (QED) is 0.441. The first-order valence-electron chi connectivity index (χ1n) is 11.1. The van der Waals surface area contributed by atoms with E-state index in [0.717, 1.165) is 42.0 Å². The van der Waals surface area contributed by atoms with E-state index in [9.17, 15) is 0 Å². The third-order valence-corrected chi connectivity index (χ3v) is 6.13. The molecule has 0 spiro atoms. The average molecular weight is 424 g/mol. The molecule has 4 N–H and O–H groups in total. The van der Waals surface area contributed by atoms with E-state index in [1.54, 1.807) is 6.07 Å². The first-order chi connectivity index (χ1) is 15.7. The Kier molecular flexibility index (Phi) is 4.61. The lowest BCUT2D eigenvalue weighted by Gasteiger charge is -2.14. The Hall–Kier alpha value is -3.71. The van der Waals surface area contributed by atoms with E-state index in [1.165, 1.54) is 29.7 Å². The van der Waals surface area contributed by atoms with Crippen molar-refractivity contribution in [2.45, 2.75) is 25.2 Å². The highest BCUT2D eigenvalue weighted by Gasteiger charge is 2.29. The van der Waals surface area contributed by atoms with E-state index in [4.69, 9.17) is 10.7 Å². The van der Waals surface area contributed by atoms with Gasteiger partial charge in [-0.15, -0.1) is 0 Å². The standard InChI is InChI=1S/C25H25N7/c26-22-2-1-3-23(30-22)32-21(18-4-5-18)14-19-15-28-25(31-24(19)32)29-20-8-6-16(7-9-20)17-10-12-27-13-11-17/h1-3,6-10,14-15,18,27H,4-5,11-13H2,(H2,26,30)(H,28,29,31). The third kappa shape index (κ3) is 3.61. The van der Waals surface area contributed by atoms with Crippen LogP contribution in [-0.2, 0) is 0 Å². The zero-order valence-electron chi connectivity index (χ0n) is 17.8. The maximum atomic E-state index is 5.97. The summed E-state index contributed by atoms with van der Waals surface area (Å²) in [4.78, 5) is 14.0. The summed E-state index contributed by atoms with van der Waals surface area (Å²) >= 11 is 0. The number of hydrogen-bond acceptors (Lipinski definition) is 6. The first-order valence-corrected chi connectivity index (χ1v) is 11.1. The van der Waals surface area contributed by atoms with Crippen molar-refractivity contribution >= 4 is 34.1 Å². The molecule has 3 aromatic heterocycles. The smallest absolute Gasteiger partial charge is 0.229 e. The Morgan fingerprint density at radius 3 is 2.69 bits per heavy atom. The van der Waals surface area contributed by atoms with Gasteiger partial charge in [-0.25, -0.2) is 9.97 Å². The molecule has 4 heterocycles. The Balaban J connectivity index is 1.34. The average Bonchev–Trinajstić information content (AvgIpc) is 3.60. The second-order valence-electron chi connectivity index (χ2n) is 8.46. The molecule has 2 aliphatic rings. The number of anilines is 3. The Labute approximate surface area is 186 Å². The molecular weight excluding hydrogens is 398 g/mol. The largest absolute Gasteiger partial charge is 0.384 e. The molecule has 0 unspecified atom stereocenters. The highest BCUT2D eigenvalue weighted by molar-refractivity contribution is 5.80. The minimum absolute atomic E-state index is 0.502. The van der Waals surface area contributed by atoms with Gasteiger partial charge in [0.25, 0.3) is 0 Å². The van der Waals surface area contributed by atoms with Gasteiger partial charge in [-0.05, 0) is 73.2 Å². The molecule has 7 nitrogen and oxygen atoms in total. The van der Waals surface area contributed by atoms with Crippen molar-refractivity contribution < 1.29 is 0 Å². The fourth-order valence-corrected chi connectivity index (χ4v) is 4.34. The summed E-state index contributed by atoms with van der Waals surface area (Å²) in [6, 6.07) is 16.4. The van der Waals surface area contributed by atoms with Gasteiger partial charge in [-0.3, -0.25) is 4.57 Å². The predicted octanol–water partition coefficient (Wildman–Crippen LogP) is 4.40. The fraction of sp³-hybridized carbons (Fsp3) is 0.240. The van der Waals surface area contributed by atoms with Crippen LogP contribution in [0, 0.1) is 0 Å². The van der Waals surface area contributed by atoms with Crippen LogP contribution in [0.1, 0.15) is 36.4 Å². The predicted molar refractivity (Wildman–Crippen MR) is 128 cm³/mol. The molecule has 0 bridgehead atoms. The summed E-state index contributed by atoms with van der Waals surface area (Å²) < 4.78 is 2.13. The van der Waals surface area contributed by atoms with Gasteiger partial charge < -0.3 is 16.4 Å². The number of aromatic nitrogens is 4. The van der Waals surface area contributed by atoms with Crippen LogP contribution in [0.3, 0.4) is 0 Å². The van der Waals surface area contributed by atoms with Crippen molar-refractivity contribution in [3.05, 3.63) is 72.1 Å². The lowest BCUT2D eigenvalue weighted by atomic mass is 10.0. The molecular formula is C25H25N7. The highest BCUT2D eigenvalue weighted by Crippen LogP contribution is 2.43. The van der Waals surface area contributed by atoms with Crippen molar-refractivity contribution in [2.24, 2.45) is 0 Å². The molecule has 4 aromatic rings. The van der Waals surface area contributed by atoms with E-state index < -0.39 is 0 Å². The van der Waals surface area contributed by atoms with Crippen molar-refractivity contribution in [2.75, 3.05) is 24.1 Å². The molecule has 0 amide bonds. The van der Waals surface area contributed by atoms with Crippen LogP contribution < -0.4 is 16.4 Å². The molecule has 6 rings (SSSR count). The fourth-order valence-electron chi connectivity index (χ4n) is 4.34. The van der Waals surface area contributed by atoms with Crippen LogP contribution in [0.25, 0.3) is 22.4 Å². The molecule has 160 valence electrons. The second kappa shape index (κ2) is 7.76. The lowest BCUT2D eigenvalue weighted by molar-refractivity contribution is 0.738. The summed E-state index contributed by atoms with van der Waals surface area (Å²) in [5, 5.41) is 7.72. The summed E-state index contributed by atoms with van der Waals surface area (Å²) in [5.41, 5.74) is 11.7. The molecule has 1 aliphatic carbocycles. The summed E-state index contributed by atoms with van der Waals surface area (Å²) in [6.45, 7) is 1.97. The van der Waals surface area contributed by atoms with Gasteiger partial charge in [-0.1, -0.05) is 24.3 Å². The van der Waals surface area contributed by atoms with Crippen LogP contribution in [0.5, 0.6) is 0 Å². The molecule has 1 aliphatic heterocycles. The van der Waals surface area contributed by atoms with Crippen molar-refractivity contribution in [1.82, 2.24) is 24.8 Å². The normalized spacial score (nSPS) is 16.2. The highest BCUT2D eigenvalue weighted by atomic mass is 15.2. The SMILES string of the molecule is Nc1cccc(-n2c(C3CC3)cc3cnc(Nc4ccc(C5=CCNCC5)cc4)nc32)n1. The van der Waals surface area contributed by atoms with Crippen molar-refractivity contribution in [3.8, 4) is 5.82 Å². The Morgan fingerprint density at radius 2 is 1.94 bits per heavy atom. The molecule has 1 aromatic carbocycles. The van der Waals surface area contributed by atoms with Gasteiger partial charge in [0.15, 0.2) is 5.65 Å². The number of rotatable bonds is 5. The Bertz CT molecular complexity index is 1320. The molecule has 0 radical (unpaired) electrons. The number of fused-ring (bicyclic) bond motifs is 1. The number of nitrogen functional groups attached to an aromatic ring is 1. The summed E-state index contributed by atoms with van der Waals surface area (Å²) in [7, 11) is 0. The summed E-state index contributed by atoms with van der Waals surface area (Å²) in [6.07, 6.45) is 7.59. The van der Waals surface area contributed by atoms with E-state index in [0.29, 0.717) is 17.7 Å². The van der Waals surface area contributed by atoms with Crippen LogP contribution >= 0.6 is 0 Å². The summed E-state index contributed by atoms with van der Waals surface area (Å²) in [5.74, 6) is 2.41. The van der Waals surface area contributed by atoms with Crippen molar-refractivity contribution in [1.29, 1.82) is 0 Å². The number of nitrogens with one attached hydrogen (secondary N) is 2. The number of nitrogens with zero attached hydrogens (tertiary/aromatic N) is 4. The zero-order chi connectivity index (χ0) is 21.5. The topological polar surface area (TPSA) is 93.7 Å². The minimum atomic E-state index is 0.502. The van der Waals surface area contributed by atoms with E-state index >= 15 is 0 Å². The maximum absolute atomic E-state index is 5.97. The molecule has 1 saturated carbocycles. The Morgan fingerprint density at radius 1 is 1.06 bits per heavy atom. The molecule has 7 heteroatoms. The zero-order valence-corrected chi connectivity index (χ0v) is 17.8. The van der Waals surface area contributed by atoms with E-state index in [2.05, 4.69) is 61.6 Å². The first kappa shape index (κ1) is 19.0. The van der Waals surface area contributed by atoms with Gasteiger partial charge in [0, 0.05) is 29.5 Å². The minimum Gasteiger partial charge on any atom is -0.384 e. The lowest BCUT2D eigenvalue weighted by Crippen LogP contribution is -2.19. The van der Waals surface area contributed by atoms with Gasteiger partial charge in [-0.2, -0.15) is 4.98 Å². The maximum Gasteiger partial charge on any atom is 0.229 e.